The quantitative estimate of drug-likeness (QED) is 0.840. The van der Waals surface area contributed by atoms with E-state index in [2.05, 4.69) is 4.98 Å². The second-order valence-corrected chi connectivity index (χ2v) is 6.35. The fourth-order valence-electron chi connectivity index (χ4n) is 3.40. The monoisotopic (exact) mass is 320 g/mol. The number of hydrogen-bond donors (Lipinski definition) is 0. The molecule has 23 heavy (non-hydrogen) atoms. The van der Waals surface area contributed by atoms with Crippen LogP contribution in [0.25, 0.3) is 0 Å². The molecular formula is C16H18F2N4O. The van der Waals surface area contributed by atoms with E-state index < -0.39 is 17.7 Å². The number of alkyl halides is 2. The van der Waals surface area contributed by atoms with Gasteiger partial charge in [0, 0.05) is 25.5 Å². The number of hydrogen-bond acceptors (Lipinski definition) is 4. The highest BCUT2D eigenvalue weighted by atomic mass is 19.3. The average molecular weight is 320 g/mol. The summed E-state index contributed by atoms with van der Waals surface area (Å²) < 4.78 is 27.0. The molecule has 3 heterocycles. The summed E-state index contributed by atoms with van der Waals surface area (Å²) in [4.78, 5) is 16.9. The number of pyridine rings is 1. The van der Waals surface area contributed by atoms with Gasteiger partial charge in [0.1, 0.15) is 11.5 Å². The summed E-state index contributed by atoms with van der Waals surface area (Å²) in [5.74, 6) is -0.533. The van der Waals surface area contributed by atoms with Crippen molar-refractivity contribution in [2.24, 2.45) is 5.41 Å². The minimum Gasteiger partial charge on any atom is -0.273 e. The van der Waals surface area contributed by atoms with Gasteiger partial charge < -0.3 is 0 Å². The Morgan fingerprint density at radius 3 is 2.91 bits per heavy atom. The smallest absolute Gasteiger partial charge is 0.252 e. The van der Waals surface area contributed by atoms with Gasteiger partial charge >= 0.3 is 0 Å². The summed E-state index contributed by atoms with van der Waals surface area (Å²) in [6.45, 7) is 2.59. The highest BCUT2D eigenvalue weighted by molar-refractivity contribution is 5.83. The Morgan fingerprint density at radius 1 is 1.43 bits per heavy atom. The van der Waals surface area contributed by atoms with Crippen LogP contribution in [0.5, 0.6) is 0 Å². The molecule has 2 atom stereocenters. The van der Waals surface area contributed by atoms with E-state index in [1.54, 1.807) is 12.3 Å². The zero-order valence-electron chi connectivity index (χ0n) is 12.9. The van der Waals surface area contributed by atoms with Crippen LogP contribution in [0, 0.1) is 16.7 Å². The molecule has 2 aliphatic rings. The van der Waals surface area contributed by atoms with Crippen LogP contribution < -0.4 is 0 Å². The van der Waals surface area contributed by atoms with Gasteiger partial charge in [-0.1, -0.05) is 0 Å². The lowest BCUT2D eigenvalue weighted by Crippen LogP contribution is -2.49. The number of carbonyl (C=O) groups is 1. The Labute approximate surface area is 133 Å². The molecule has 1 aromatic heterocycles. The van der Waals surface area contributed by atoms with E-state index in [1.165, 1.54) is 18.1 Å². The Bertz CT molecular complexity index is 660. The first-order chi connectivity index (χ1) is 11.0. The number of fused-ring (bicyclic) bond motifs is 1. The van der Waals surface area contributed by atoms with Crippen LogP contribution >= 0.6 is 0 Å². The van der Waals surface area contributed by atoms with Gasteiger partial charge in [0.2, 0.25) is 5.91 Å². The molecule has 2 saturated heterocycles. The van der Waals surface area contributed by atoms with Crippen molar-refractivity contribution in [3.8, 4) is 6.07 Å². The maximum atomic E-state index is 13.5. The summed E-state index contributed by atoms with van der Waals surface area (Å²) in [5, 5.41) is 12.4. The molecule has 0 spiro atoms. The Kier molecular flexibility index (Phi) is 4.02. The van der Waals surface area contributed by atoms with E-state index in [1.807, 2.05) is 11.1 Å². The topological polar surface area (TPSA) is 60.2 Å². The minimum absolute atomic E-state index is 0.180. The zero-order chi connectivity index (χ0) is 16.6. The van der Waals surface area contributed by atoms with E-state index >= 15 is 0 Å². The normalized spacial score (nSPS) is 28.6. The molecule has 5 nitrogen and oxygen atoms in total. The first-order valence-corrected chi connectivity index (χ1v) is 7.69. The van der Waals surface area contributed by atoms with Gasteiger partial charge in [0.25, 0.3) is 6.43 Å². The molecule has 2 aliphatic heterocycles. The SMILES string of the molecule is C[C@@]1(C(F)F)CCCN2CCC(c3cncc(C#N)c3)N2C1=O. The third-order valence-corrected chi connectivity index (χ3v) is 4.82. The lowest BCUT2D eigenvalue weighted by atomic mass is 9.84. The molecule has 2 fully saturated rings. The standard InChI is InChI=1S/C16H18F2N4O/c1-16(14(17)18)4-2-5-21-6-3-13(22(21)15(16)23)12-7-11(8-19)9-20-10-12/h7,9-10,13-14H,2-6H2,1H3/t13?,16-/m0/s1. The summed E-state index contributed by atoms with van der Waals surface area (Å²) >= 11 is 0. The van der Waals surface area contributed by atoms with Crippen molar-refractivity contribution >= 4 is 5.91 Å². The van der Waals surface area contributed by atoms with Crippen molar-refractivity contribution < 1.29 is 13.6 Å². The van der Waals surface area contributed by atoms with Crippen LogP contribution in [-0.2, 0) is 4.79 Å². The number of nitriles is 1. The number of carbonyl (C=O) groups excluding carboxylic acids is 1. The summed E-state index contributed by atoms with van der Waals surface area (Å²) in [6, 6.07) is 3.37. The predicted molar refractivity (Wildman–Crippen MR) is 78.1 cm³/mol. The predicted octanol–water partition coefficient (Wildman–Crippen LogP) is 2.51. The maximum Gasteiger partial charge on any atom is 0.252 e. The van der Waals surface area contributed by atoms with E-state index in [-0.39, 0.29) is 12.5 Å². The van der Waals surface area contributed by atoms with Gasteiger partial charge in [-0.15, -0.1) is 0 Å². The van der Waals surface area contributed by atoms with Gasteiger partial charge in [0.15, 0.2) is 0 Å². The molecule has 1 aromatic rings. The third kappa shape index (κ3) is 2.57. The van der Waals surface area contributed by atoms with Crippen LogP contribution in [0.2, 0.25) is 0 Å². The highest BCUT2D eigenvalue weighted by Gasteiger charge is 2.51. The number of rotatable bonds is 2. The lowest BCUT2D eigenvalue weighted by molar-refractivity contribution is -0.164. The molecule has 0 saturated carbocycles. The average Bonchev–Trinajstić information content (AvgIpc) is 2.92. The summed E-state index contributed by atoms with van der Waals surface area (Å²) in [7, 11) is 0. The van der Waals surface area contributed by atoms with E-state index in [0.717, 1.165) is 5.56 Å². The Morgan fingerprint density at radius 2 is 2.22 bits per heavy atom. The van der Waals surface area contributed by atoms with Crippen LogP contribution in [0.1, 0.15) is 43.4 Å². The number of nitrogens with zero attached hydrogens (tertiary/aromatic N) is 4. The number of amides is 1. The van der Waals surface area contributed by atoms with Crippen molar-refractivity contribution in [1.82, 2.24) is 15.0 Å². The van der Waals surface area contributed by atoms with E-state index in [0.29, 0.717) is 31.5 Å². The maximum absolute atomic E-state index is 13.5. The number of hydrazine groups is 1. The van der Waals surface area contributed by atoms with Gasteiger partial charge in [-0.05, 0) is 37.8 Å². The fraction of sp³-hybridized carbons (Fsp3) is 0.562. The van der Waals surface area contributed by atoms with Crippen molar-refractivity contribution in [2.75, 3.05) is 13.1 Å². The zero-order valence-corrected chi connectivity index (χ0v) is 12.9. The molecule has 0 N–H and O–H groups in total. The van der Waals surface area contributed by atoms with Crippen molar-refractivity contribution in [3.05, 3.63) is 29.6 Å². The highest BCUT2D eigenvalue weighted by Crippen LogP contribution is 2.42. The van der Waals surface area contributed by atoms with Gasteiger partial charge in [0.05, 0.1) is 11.6 Å². The largest absolute Gasteiger partial charge is 0.273 e. The Hall–Kier alpha value is -2.07. The first-order valence-electron chi connectivity index (χ1n) is 7.69. The number of halogens is 2. The van der Waals surface area contributed by atoms with Crippen LogP contribution in [0.15, 0.2) is 18.5 Å². The van der Waals surface area contributed by atoms with Gasteiger partial charge in [-0.25, -0.2) is 13.8 Å². The van der Waals surface area contributed by atoms with E-state index in [4.69, 9.17) is 5.26 Å². The van der Waals surface area contributed by atoms with E-state index in [9.17, 15) is 13.6 Å². The van der Waals surface area contributed by atoms with Crippen LogP contribution in [0.4, 0.5) is 8.78 Å². The fourth-order valence-corrected chi connectivity index (χ4v) is 3.40. The molecule has 0 bridgehead atoms. The van der Waals surface area contributed by atoms with Crippen molar-refractivity contribution in [2.45, 2.75) is 38.7 Å². The molecule has 122 valence electrons. The second-order valence-electron chi connectivity index (χ2n) is 6.35. The third-order valence-electron chi connectivity index (χ3n) is 4.82. The minimum atomic E-state index is -2.69. The molecule has 3 rings (SSSR count). The van der Waals surface area contributed by atoms with Crippen molar-refractivity contribution in [1.29, 1.82) is 5.26 Å². The molecule has 0 aliphatic carbocycles. The number of aromatic nitrogens is 1. The summed E-state index contributed by atoms with van der Waals surface area (Å²) in [6.07, 6.45) is 1.75. The molecule has 0 radical (unpaired) electrons. The molecule has 0 aromatic carbocycles. The lowest BCUT2D eigenvalue weighted by Gasteiger charge is -2.35. The van der Waals surface area contributed by atoms with Gasteiger partial charge in [-0.2, -0.15) is 5.26 Å². The van der Waals surface area contributed by atoms with Crippen molar-refractivity contribution in [3.63, 3.8) is 0 Å². The Balaban J connectivity index is 1.98. The molecule has 7 heteroatoms. The van der Waals surface area contributed by atoms with Crippen LogP contribution in [-0.4, -0.2) is 40.4 Å². The molecule has 1 unspecified atom stereocenters. The summed E-state index contributed by atoms with van der Waals surface area (Å²) in [5.41, 5.74) is -0.532. The first kappa shape index (κ1) is 15.8. The van der Waals surface area contributed by atoms with Crippen LogP contribution in [0.3, 0.4) is 0 Å². The van der Waals surface area contributed by atoms with Gasteiger partial charge in [-0.3, -0.25) is 14.8 Å². The molecule has 1 amide bonds. The second kappa shape index (κ2) is 5.85. The molecular weight excluding hydrogens is 302 g/mol.